The fourth-order valence-corrected chi connectivity index (χ4v) is 4.34. The molecule has 1 aliphatic rings. The fourth-order valence-electron chi connectivity index (χ4n) is 4.34. The van der Waals surface area contributed by atoms with Crippen LogP contribution in [0.15, 0.2) is 65.6 Å². The largest absolute Gasteiger partial charge is 0.489 e. The van der Waals surface area contributed by atoms with Crippen LogP contribution in [-0.4, -0.2) is 39.2 Å². The Morgan fingerprint density at radius 3 is 2.61 bits per heavy atom. The first kappa shape index (κ1) is 19.6. The van der Waals surface area contributed by atoms with Crippen LogP contribution in [0, 0.1) is 0 Å². The predicted octanol–water partition coefficient (Wildman–Crippen LogP) is 3.33. The van der Waals surface area contributed by atoms with Crippen molar-refractivity contribution >= 4 is 11.0 Å². The van der Waals surface area contributed by atoms with Crippen LogP contribution >= 0.6 is 0 Å². The number of benzene rings is 1. The van der Waals surface area contributed by atoms with E-state index in [1.807, 2.05) is 42.5 Å². The second kappa shape index (κ2) is 8.04. The minimum atomic E-state index is -0.158. The highest BCUT2D eigenvalue weighted by Gasteiger charge is 2.20. The van der Waals surface area contributed by atoms with Crippen molar-refractivity contribution in [3.8, 4) is 11.6 Å². The quantitative estimate of drug-likeness (QED) is 0.514. The Balaban J connectivity index is 1.44. The van der Waals surface area contributed by atoms with E-state index in [9.17, 15) is 4.79 Å². The van der Waals surface area contributed by atoms with Gasteiger partial charge in [0.25, 0.3) is 5.56 Å². The lowest BCUT2D eigenvalue weighted by atomic mass is 10.1. The van der Waals surface area contributed by atoms with Crippen LogP contribution in [-0.2, 0) is 26.5 Å². The van der Waals surface area contributed by atoms with Crippen molar-refractivity contribution in [2.75, 3.05) is 20.1 Å². The first-order valence-electron chi connectivity index (χ1n) is 10.7. The molecule has 4 heterocycles. The molecule has 0 N–H and O–H groups in total. The average Bonchev–Trinajstić information content (AvgIpc) is 2.91. The van der Waals surface area contributed by atoms with Crippen molar-refractivity contribution < 1.29 is 4.74 Å². The van der Waals surface area contributed by atoms with Gasteiger partial charge in [0.15, 0.2) is 0 Å². The van der Waals surface area contributed by atoms with Crippen molar-refractivity contribution in [2.24, 2.45) is 7.05 Å². The predicted molar refractivity (Wildman–Crippen MR) is 122 cm³/mol. The van der Waals surface area contributed by atoms with Crippen LogP contribution in [0.5, 0.6) is 5.75 Å². The molecule has 0 saturated heterocycles. The third-order valence-corrected chi connectivity index (χ3v) is 6.12. The summed E-state index contributed by atoms with van der Waals surface area (Å²) < 4.78 is 9.55. The Hall–Kier alpha value is -3.38. The summed E-state index contributed by atoms with van der Waals surface area (Å²) in [5.74, 6) is 1.18. The van der Waals surface area contributed by atoms with E-state index in [-0.39, 0.29) is 5.56 Å². The van der Waals surface area contributed by atoms with Gasteiger partial charge in [-0.15, -0.1) is 0 Å². The molecule has 0 fully saturated rings. The molecule has 6 heteroatoms. The molecule has 0 atom stereocenters. The zero-order valence-electron chi connectivity index (χ0n) is 17.9. The third-order valence-electron chi connectivity index (χ3n) is 6.12. The average molecular weight is 415 g/mol. The molecule has 5 rings (SSSR count). The standard InChI is InChI=1S/C25H26N4O2/c1-27-13-11-20-21-8-9-23(26-25(21)28(2)22(20)12-14-27)29-15-10-19(16-24(29)30)31-17-18-6-4-3-5-7-18/h3-10,15-16H,11-14,17H2,1-2H3. The van der Waals surface area contributed by atoms with Crippen molar-refractivity contribution in [2.45, 2.75) is 19.4 Å². The molecule has 6 nitrogen and oxygen atoms in total. The van der Waals surface area contributed by atoms with Crippen molar-refractivity contribution in [1.29, 1.82) is 0 Å². The van der Waals surface area contributed by atoms with Gasteiger partial charge in [0.1, 0.15) is 23.8 Å². The van der Waals surface area contributed by atoms with Gasteiger partial charge in [-0.25, -0.2) is 4.98 Å². The van der Waals surface area contributed by atoms with E-state index in [0.29, 0.717) is 18.2 Å². The smallest absolute Gasteiger partial charge is 0.259 e. The van der Waals surface area contributed by atoms with Gasteiger partial charge in [0, 0.05) is 49.9 Å². The Labute approximate surface area is 181 Å². The van der Waals surface area contributed by atoms with Gasteiger partial charge in [-0.05, 0) is 42.8 Å². The fraction of sp³-hybridized carbons (Fsp3) is 0.280. The number of rotatable bonds is 4. The summed E-state index contributed by atoms with van der Waals surface area (Å²) in [5, 5.41) is 1.19. The van der Waals surface area contributed by atoms with E-state index in [0.717, 1.165) is 37.1 Å². The van der Waals surface area contributed by atoms with Gasteiger partial charge >= 0.3 is 0 Å². The zero-order valence-corrected chi connectivity index (χ0v) is 17.9. The lowest BCUT2D eigenvalue weighted by molar-refractivity contribution is 0.305. The highest BCUT2D eigenvalue weighted by Crippen LogP contribution is 2.28. The van der Waals surface area contributed by atoms with E-state index in [1.54, 1.807) is 10.8 Å². The molecule has 4 aromatic rings. The minimum absolute atomic E-state index is 0.158. The van der Waals surface area contributed by atoms with Crippen LogP contribution < -0.4 is 10.3 Å². The second-order valence-electron chi connectivity index (χ2n) is 8.17. The van der Waals surface area contributed by atoms with E-state index in [1.165, 1.54) is 22.7 Å². The Kier molecular flexibility index (Phi) is 5.08. The highest BCUT2D eigenvalue weighted by atomic mass is 16.5. The summed E-state index contributed by atoms with van der Waals surface area (Å²) in [5.41, 5.74) is 4.57. The highest BCUT2D eigenvalue weighted by molar-refractivity contribution is 5.83. The molecule has 0 bridgehead atoms. The van der Waals surface area contributed by atoms with Crippen LogP contribution in [0.25, 0.3) is 16.9 Å². The molecule has 1 aromatic carbocycles. The van der Waals surface area contributed by atoms with E-state index in [2.05, 4.69) is 29.6 Å². The Morgan fingerprint density at radius 1 is 1.00 bits per heavy atom. The summed E-state index contributed by atoms with van der Waals surface area (Å²) in [6, 6.07) is 17.3. The van der Waals surface area contributed by atoms with E-state index < -0.39 is 0 Å². The molecule has 0 unspecified atom stereocenters. The summed E-state index contributed by atoms with van der Waals surface area (Å²) in [7, 11) is 4.25. The number of fused-ring (bicyclic) bond motifs is 3. The molecule has 0 aliphatic carbocycles. The SMILES string of the molecule is CN1CCc2c(n(C)c3nc(-n4ccc(OCc5ccccc5)cc4=O)ccc23)CC1. The molecule has 0 spiro atoms. The van der Waals surface area contributed by atoms with Gasteiger partial charge in [0.05, 0.1) is 0 Å². The van der Waals surface area contributed by atoms with E-state index >= 15 is 0 Å². The van der Waals surface area contributed by atoms with Gasteiger partial charge in [-0.1, -0.05) is 30.3 Å². The van der Waals surface area contributed by atoms with Gasteiger partial charge in [-0.2, -0.15) is 0 Å². The molecule has 0 amide bonds. The number of pyridine rings is 2. The minimum Gasteiger partial charge on any atom is -0.489 e. The van der Waals surface area contributed by atoms with E-state index in [4.69, 9.17) is 9.72 Å². The van der Waals surface area contributed by atoms with Crippen molar-refractivity contribution in [3.63, 3.8) is 0 Å². The zero-order chi connectivity index (χ0) is 21.4. The lowest BCUT2D eigenvalue weighted by Crippen LogP contribution is -2.21. The summed E-state index contributed by atoms with van der Waals surface area (Å²) in [6.45, 7) is 2.53. The Bertz CT molecular complexity index is 1290. The number of hydrogen-bond acceptors (Lipinski definition) is 4. The monoisotopic (exact) mass is 414 g/mol. The number of hydrogen-bond donors (Lipinski definition) is 0. The Morgan fingerprint density at radius 2 is 1.81 bits per heavy atom. The second-order valence-corrected chi connectivity index (χ2v) is 8.17. The maximum atomic E-state index is 12.8. The van der Waals surface area contributed by atoms with Crippen LogP contribution in [0.3, 0.4) is 0 Å². The first-order chi connectivity index (χ1) is 15.1. The number of aryl methyl sites for hydroxylation is 1. The third kappa shape index (κ3) is 3.75. The van der Waals surface area contributed by atoms with Crippen LogP contribution in [0.2, 0.25) is 0 Å². The molecule has 1 aliphatic heterocycles. The first-order valence-corrected chi connectivity index (χ1v) is 10.7. The topological polar surface area (TPSA) is 52.3 Å². The van der Waals surface area contributed by atoms with Gasteiger partial charge < -0.3 is 14.2 Å². The molecule has 3 aromatic heterocycles. The number of likely N-dealkylation sites (N-methyl/N-ethyl adjacent to an activating group) is 1. The maximum Gasteiger partial charge on any atom is 0.259 e. The lowest BCUT2D eigenvalue weighted by Gasteiger charge is -2.12. The molecule has 0 saturated carbocycles. The van der Waals surface area contributed by atoms with Crippen molar-refractivity contribution in [1.82, 2.24) is 19.0 Å². The maximum absolute atomic E-state index is 12.8. The van der Waals surface area contributed by atoms with Crippen LogP contribution in [0.4, 0.5) is 0 Å². The molecular formula is C25H26N4O2. The number of aromatic nitrogens is 3. The summed E-state index contributed by atoms with van der Waals surface area (Å²) in [6.07, 6.45) is 3.78. The number of ether oxygens (including phenoxy) is 1. The molecular weight excluding hydrogens is 388 g/mol. The molecule has 158 valence electrons. The van der Waals surface area contributed by atoms with Crippen molar-refractivity contribution in [3.05, 3.63) is 88.0 Å². The molecule has 0 radical (unpaired) electrons. The molecule has 31 heavy (non-hydrogen) atoms. The van der Waals surface area contributed by atoms with Crippen LogP contribution in [0.1, 0.15) is 16.8 Å². The van der Waals surface area contributed by atoms with Gasteiger partial charge in [-0.3, -0.25) is 9.36 Å². The summed E-state index contributed by atoms with van der Waals surface area (Å²) in [4.78, 5) is 20.0. The number of nitrogens with zero attached hydrogens (tertiary/aromatic N) is 4. The summed E-state index contributed by atoms with van der Waals surface area (Å²) >= 11 is 0. The van der Waals surface area contributed by atoms with Gasteiger partial charge in [0.2, 0.25) is 0 Å². The normalized spacial score (nSPS) is 14.4.